The lowest BCUT2D eigenvalue weighted by molar-refractivity contribution is -0.136. The highest BCUT2D eigenvalue weighted by molar-refractivity contribution is 6.00. The van der Waals surface area contributed by atoms with Gasteiger partial charge in [0.05, 0.1) is 12.1 Å². The van der Waals surface area contributed by atoms with E-state index in [1.54, 1.807) is 13.0 Å². The molecule has 1 atom stereocenters. The van der Waals surface area contributed by atoms with Crippen LogP contribution in [-0.4, -0.2) is 34.7 Å². The maximum atomic E-state index is 11.9. The summed E-state index contributed by atoms with van der Waals surface area (Å²) in [7, 11) is 0. The van der Waals surface area contributed by atoms with E-state index in [0.29, 0.717) is 11.4 Å². The van der Waals surface area contributed by atoms with Crippen LogP contribution in [0.15, 0.2) is 18.2 Å². The van der Waals surface area contributed by atoms with Crippen molar-refractivity contribution in [3.8, 4) is 11.5 Å². The molecule has 1 unspecified atom stereocenters. The van der Waals surface area contributed by atoms with Crippen molar-refractivity contribution in [3.63, 3.8) is 0 Å². The van der Waals surface area contributed by atoms with Crippen molar-refractivity contribution in [1.82, 2.24) is 0 Å². The lowest BCUT2D eigenvalue weighted by Gasteiger charge is -2.32. The molecule has 0 radical (unpaired) electrons. The Hall–Kier alpha value is -2.24. The number of aromatic hydroxyl groups is 1. The first-order chi connectivity index (χ1) is 8.49. The van der Waals surface area contributed by atoms with E-state index < -0.39 is 12.1 Å². The second-order valence-corrected chi connectivity index (χ2v) is 4.05. The van der Waals surface area contributed by atoms with E-state index in [9.17, 15) is 14.7 Å². The van der Waals surface area contributed by atoms with Crippen LogP contribution in [0.3, 0.4) is 0 Å². The predicted octanol–water partition coefficient (Wildman–Crippen LogP) is 0.981. The zero-order valence-electron chi connectivity index (χ0n) is 9.79. The summed E-state index contributed by atoms with van der Waals surface area (Å²) < 4.78 is 5.39. The Morgan fingerprint density at radius 3 is 2.89 bits per heavy atom. The minimum atomic E-state index is -0.983. The molecule has 1 aromatic carbocycles. The number of carbonyl (C=O) groups excluding carboxylic acids is 1. The Balaban J connectivity index is 2.34. The van der Waals surface area contributed by atoms with Crippen LogP contribution < -0.4 is 9.64 Å². The topological polar surface area (TPSA) is 87.1 Å². The molecule has 1 aliphatic rings. The standard InChI is InChI=1S/C12H13NO5/c1-7-12(17)13(5-4-11(15)16)9-6-8(14)2-3-10(9)18-7/h2-3,6-7,14H,4-5H2,1H3,(H,15,16). The van der Waals surface area contributed by atoms with Gasteiger partial charge in [-0.2, -0.15) is 0 Å². The molecular formula is C12H13NO5. The number of anilines is 1. The smallest absolute Gasteiger partial charge is 0.305 e. The molecule has 0 saturated heterocycles. The second-order valence-electron chi connectivity index (χ2n) is 4.05. The summed E-state index contributed by atoms with van der Waals surface area (Å²) in [5.74, 6) is -0.830. The number of fused-ring (bicyclic) bond motifs is 1. The Kier molecular flexibility index (Phi) is 3.10. The number of benzene rings is 1. The SMILES string of the molecule is CC1Oc2ccc(O)cc2N(CCC(=O)O)C1=O. The summed E-state index contributed by atoms with van der Waals surface area (Å²) in [5, 5.41) is 18.1. The van der Waals surface area contributed by atoms with E-state index in [2.05, 4.69) is 0 Å². The van der Waals surface area contributed by atoms with E-state index in [1.165, 1.54) is 17.0 Å². The largest absolute Gasteiger partial charge is 0.508 e. The first-order valence-electron chi connectivity index (χ1n) is 5.52. The van der Waals surface area contributed by atoms with Gasteiger partial charge in [0.15, 0.2) is 6.10 Å². The van der Waals surface area contributed by atoms with Crippen LogP contribution in [0, 0.1) is 0 Å². The quantitative estimate of drug-likeness (QED) is 0.836. The molecule has 2 N–H and O–H groups in total. The number of hydrogen-bond acceptors (Lipinski definition) is 4. The summed E-state index contributed by atoms with van der Waals surface area (Å²) in [6.07, 6.45) is -0.816. The van der Waals surface area contributed by atoms with Gasteiger partial charge < -0.3 is 19.8 Å². The summed E-state index contributed by atoms with van der Waals surface area (Å²) in [4.78, 5) is 23.9. The van der Waals surface area contributed by atoms with Crippen molar-refractivity contribution < 1.29 is 24.5 Å². The number of amides is 1. The number of phenolic OH excluding ortho intramolecular Hbond substituents is 1. The van der Waals surface area contributed by atoms with Crippen LogP contribution in [0.25, 0.3) is 0 Å². The highest BCUT2D eigenvalue weighted by atomic mass is 16.5. The van der Waals surface area contributed by atoms with Crippen molar-refractivity contribution >= 4 is 17.6 Å². The van der Waals surface area contributed by atoms with Gasteiger partial charge in [0, 0.05) is 12.6 Å². The Labute approximate surface area is 103 Å². The number of hydrogen-bond donors (Lipinski definition) is 2. The molecule has 1 aliphatic heterocycles. The molecule has 18 heavy (non-hydrogen) atoms. The van der Waals surface area contributed by atoms with Gasteiger partial charge in [-0.3, -0.25) is 9.59 Å². The molecule has 96 valence electrons. The van der Waals surface area contributed by atoms with Crippen molar-refractivity contribution in [2.45, 2.75) is 19.4 Å². The molecule has 0 aliphatic carbocycles. The summed E-state index contributed by atoms with van der Waals surface area (Å²) in [6.45, 7) is 1.66. The number of carboxylic acid groups (broad SMARTS) is 1. The highest BCUT2D eigenvalue weighted by Gasteiger charge is 2.31. The lowest BCUT2D eigenvalue weighted by Crippen LogP contribution is -2.45. The second kappa shape index (κ2) is 4.56. The van der Waals surface area contributed by atoms with Gasteiger partial charge in [0.25, 0.3) is 5.91 Å². The number of aliphatic carboxylic acids is 1. The maximum Gasteiger partial charge on any atom is 0.305 e. The number of ether oxygens (including phenoxy) is 1. The fourth-order valence-corrected chi connectivity index (χ4v) is 1.83. The van der Waals surface area contributed by atoms with E-state index in [1.807, 2.05) is 0 Å². The molecule has 1 aromatic rings. The fraction of sp³-hybridized carbons (Fsp3) is 0.333. The number of nitrogens with zero attached hydrogens (tertiary/aromatic N) is 1. The maximum absolute atomic E-state index is 11.9. The van der Waals surface area contributed by atoms with E-state index in [0.717, 1.165) is 0 Å². The number of phenols is 1. The number of rotatable bonds is 3. The molecule has 0 fully saturated rings. The van der Waals surface area contributed by atoms with Crippen LogP contribution in [0.4, 0.5) is 5.69 Å². The van der Waals surface area contributed by atoms with Gasteiger partial charge in [-0.05, 0) is 19.1 Å². The number of carboxylic acids is 1. The molecule has 0 saturated carbocycles. The molecule has 0 bridgehead atoms. The first kappa shape index (κ1) is 12.2. The van der Waals surface area contributed by atoms with E-state index in [4.69, 9.17) is 9.84 Å². The van der Waals surface area contributed by atoms with Gasteiger partial charge in [0.2, 0.25) is 0 Å². The van der Waals surface area contributed by atoms with Crippen LogP contribution in [0.2, 0.25) is 0 Å². The van der Waals surface area contributed by atoms with Gasteiger partial charge in [-0.15, -0.1) is 0 Å². The summed E-state index contributed by atoms with van der Waals surface area (Å²) in [5.41, 5.74) is 0.402. The summed E-state index contributed by atoms with van der Waals surface area (Å²) in [6, 6.07) is 4.40. The van der Waals surface area contributed by atoms with Gasteiger partial charge >= 0.3 is 5.97 Å². The molecule has 0 spiro atoms. The van der Waals surface area contributed by atoms with Crippen molar-refractivity contribution in [1.29, 1.82) is 0 Å². The zero-order valence-corrected chi connectivity index (χ0v) is 9.79. The third-order valence-electron chi connectivity index (χ3n) is 2.70. The molecule has 0 aromatic heterocycles. The molecule has 2 rings (SSSR count). The summed E-state index contributed by atoms with van der Waals surface area (Å²) >= 11 is 0. The minimum Gasteiger partial charge on any atom is -0.508 e. The molecule has 6 nitrogen and oxygen atoms in total. The van der Waals surface area contributed by atoms with Gasteiger partial charge in [-0.1, -0.05) is 0 Å². The minimum absolute atomic E-state index is 0.0000260. The van der Waals surface area contributed by atoms with Crippen LogP contribution in [0.5, 0.6) is 11.5 Å². The van der Waals surface area contributed by atoms with Crippen LogP contribution in [-0.2, 0) is 9.59 Å². The van der Waals surface area contributed by atoms with Crippen LogP contribution >= 0.6 is 0 Å². The lowest BCUT2D eigenvalue weighted by atomic mass is 10.1. The first-order valence-corrected chi connectivity index (χ1v) is 5.52. The van der Waals surface area contributed by atoms with Crippen molar-refractivity contribution in [3.05, 3.63) is 18.2 Å². The van der Waals surface area contributed by atoms with Crippen LogP contribution in [0.1, 0.15) is 13.3 Å². The van der Waals surface area contributed by atoms with Gasteiger partial charge in [0.1, 0.15) is 11.5 Å². The fourth-order valence-electron chi connectivity index (χ4n) is 1.83. The zero-order chi connectivity index (χ0) is 13.3. The van der Waals surface area contributed by atoms with Gasteiger partial charge in [-0.25, -0.2) is 0 Å². The average Bonchev–Trinajstić information content (AvgIpc) is 2.30. The Bertz CT molecular complexity index is 499. The number of carbonyl (C=O) groups is 2. The molecule has 6 heteroatoms. The molecular weight excluding hydrogens is 238 g/mol. The third kappa shape index (κ3) is 2.22. The molecule has 1 amide bonds. The highest BCUT2D eigenvalue weighted by Crippen LogP contribution is 2.36. The average molecular weight is 251 g/mol. The monoisotopic (exact) mass is 251 g/mol. The third-order valence-corrected chi connectivity index (χ3v) is 2.70. The Morgan fingerprint density at radius 2 is 2.22 bits per heavy atom. The predicted molar refractivity (Wildman–Crippen MR) is 62.8 cm³/mol. The molecule has 1 heterocycles. The normalized spacial score (nSPS) is 18.2. The van der Waals surface area contributed by atoms with E-state index in [-0.39, 0.29) is 24.6 Å². The Morgan fingerprint density at radius 1 is 1.50 bits per heavy atom. The van der Waals surface area contributed by atoms with Crippen molar-refractivity contribution in [2.75, 3.05) is 11.4 Å². The van der Waals surface area contributed by atoms with E-state index >= 15 is 0 Å². The van der Waals surface area contributed by atoms with Crippen molar-refractivity contribution in [2.24, 2.45) is 0 Å².